The number of hydrogen-bond donors (Lipinski definition) is 2. The first-order valence-electron chi connectivity index (χ1n) is 9.79. The van der Waals surface area contributed by atoms with Gasteiger partial charge >= 0.3 is 0 Å². The molecule has 1 fully saturated rings. The molecule has 1 aromatic carbocycles. The molecular weight excluding hydrogens is 364 g/mol. The highest BCUT2D eigenvalue weighted by molar-refractivity contribution is 6.30. The summed E-state index contributed by atoms with van der Waals surface area (Å²) in [5.74, 6) is 1.96. The van der Waals surface area contributed by atoms with Crippen LogP contribution in [0.2, 0.25) is 5.02 Å². The fraction of sp³-hybridized carbons (Fsp3) is 0.600. The van der Waals surface area contributed by atoms with E-state index in [9.17, 15) is 4.79 Å². The number of ether oxygens (including phenoxy) is 1. The van der Waals surface area contributed by atoms with Gasteiger partial charge in [0.1, 0.15) is 5.75 Å². The topological polar surface area (TPSA) is 66.0 Å². The van der Waals surface area contributed by atoms with Crippen LogP contribution in [-0.2, 0) is 4.79 Å². The van der Waals surface area contributed by atoms with Gasteiger partial charge in [-0.05, 0) is 50.5 Å². The SMILES string of the molecule is CCNC(=NCCCOc1ccc(Cl)cc1C)NCCCN1CCCC1=O. The second kappa shape index (κ2) is 11.7. The fourth-order valence-corrected chi connectivity index (χ4v) is 3.20. The van der Waals surface area contributed by atoms with Crippen LogP contribution in [0.1, 0.15) is 38.2 Å². The predicted octanol–water partition coefficient (Wildman–Crippen LogP) is 2.98. The van der Waals surface area contributed by atoms with E-state index in [2.05, 4.69) is 15.6 Å². The minimum Gasteiger partial charge on any atom is -0.493 e. The molecule has 1 heterocycles. The van der Waals surface area contributed by atoms with E-state index >= 15 is 0 Å². The molecule has 0 aliphatic carbocycles. The zero-order valence-electron chi connectivity index (χ0n) is 16.4. The molecule has 0 unspecified atom stereocenters. The van der Waals surface area contributed by atoms with E-state index < -0.39 is 0 Å². The van der Waals surface area contributed by atoms with Crippen LogP contribution in [0.5, 0.6) is 5.75 Å². The maximum absolute atomic E-state index is 11.6. The van der Waals surface area contributed by atoms with Gasteiger partial charge in [0.25, 0.3) is 0 Å². The maximum Gasteiger partial charge on any atom is 0.222 e. The number of rotatable bonds is 10. The summed E-state index contributed by atoms with van der Waals surface area (Å²) >= 11 is 5.95. The summed E-state index contributed by atoms with van der Waals surface area (Å²) in [4.78, 5) is 18.1. The van der Waals surface area contributed by atoms with Crippen molar-refractivity contribution >= 4 is 23.5 Å². The lowest BCUT2D eigenvalue weighted by Crippen LogP contribution is -2.39. The van der Waals surface area contributed by atoms with Crippen LogP contribution >= 0.6 is 11.6 Å². The lowest BCUT2D eigenvalue weighted by molar-refractivity contribution is -0.127. The van der Waals surface area contributed by atoms with Gasteiger partial charge in [-0.15, -0.1) is 0 Å². The number of carbonyl (C=O) groups is 1. The lowest BCUT2D eigenvalue weighted by Gasteiger charge is -2.16. The Labute approximate surface area is 167 Å². The van der Waals surface area contributed by atoms with Crippen molar-refractivity contribution in [3.8, 4) is 5.75 Å². The molecule has 0 bridgehead atoms. The van der Waals surface area contributed by atoms with Crippen molar-refractivity contribution in [2.45, 2.75) is 39.5 Å². The summed E-state index contributed by atoms with van der Waals surface area (Å²) in [5.41, 5.74) is 1.04. The molecule has 1 amide bonds. The Morgan fingerprint density at radius 3 is 2.89 bits per heavy atom. The minimum absolute atomic E-state index is 0.284. The zero-order chi connectivity index (χ0) is 19.5. The number of aryl methyl sites for hydroxylation is 1. The summed E-state index contributed by atoms with van der Waals surface area (Å²) in [7, 11) is 0. The first-order chi connectivity index (χ1) is 13.1. The van der Waals surface area contributed by atoms with Crippen LogP contribution in [0.3, 0.4) is 0 Å². The van der Waals surface area contributed by atoms with Gasteiger partial charge in [0.2, 0.25) is 5.91 Å². The van der Waals surface area contributed by atoms with Gasteiger partial charge < -0.3 is 20.3 Å². The normalized spacial score (nSPS) is 14.6. The molecule has 0 atom stereocenters. The first kappa shape index (κ1) is 21.4. The average Bonchev–Trinajstić information content (AvgIpc) is 3.04. The van der Waals surface area contributed by atoms with Gasteiger partial charge in [0.15, 0.2) is 5.96 Å². The number of aliphatic imine (C=N–C) groups is 1. The highest BCUT2D eigenvalue weighted by Gasteiger charge is 2.18. The van der Waals surface area contributed by atoms with Crippen LogP contribution in [0.25, 0.3) is 0 Å². The molecule has 0 aromatic heterocycles. The van der Waals surface area contributed by atoms with Crippen molar-refractivity contribution in [2.75, 3.05) is 39.3 Å². The van der Waals surface area contributed by atoms with Gasteiger partial charge in [0.05, 0.1) is 6.61 Å². The molecule has 1 saturated heterocycles. The zero-order valence-corrected chi connectivity index (χ0v) is 17.1. The molecule has 2 N–H and O–H groups in total. The number of nitrogens with one attached hydrogen (secondary N) is 2. The number of halogens is 1. The monoisotopic (exact) mass is 394 g/mol. The van der Waals surface area contributed by atoms with Crippen molar-refractivity contribution in [1.29, 1.82) is 0 Å². The van der Waals surface area contributed by atoms with E-state index in [1.807, 2.05) is 36.9 Å². The first-order valence-corrected chi connectivity index (χ1v) is 10.2. The average molecular weight is 395 g/mol. The number of nitrogens with zero attached hydrogens (tertiary/aromatic N) is 2. The number of hydrogen-bond acceptors (Lipinski definition) is 3. The van der Waals surface area contributed by atoms with E-state index in [-0.39, 0.29) is 5.91 Å². The second-order valence-electron chi connectivity index (χ2n) is 6.64. The second-order valence-corrected chi connectivity index (χ2v) is 7.07. The van der Waals surface area contributed by atoms with Crippen molar-refractivity contribution < 1.29 is 9.53 Å². The number of guanidine groups is 1. The van der Waals surface area contributed by atoms with Gasteiger partial charge in [-0.25, -0.2) is 0 Å². The molecule has 150 valence electrons. The summed E-state index contributed by atoms with van der Waals surface area (Å²) in [6, 6.07) is 5.64. The smallest absolute Gasteiger partial charge is 0.222 e. The molecule has 2 rings (SSSR count). The minimum atomic E-state index is 0.284. The highest BCUT2D eigenvalue weighted by Crippen LogP contribution is 2.21. The van der Waals surface area contributed by atoms with Gasteiger partial charge in [-0.1, -0.05) is 11.6 Å². The summed E-state index contributed by atoms with van der Waals surface area (Å²) in [6.45, 7) is 8.68. The fourth-order valence-electron chi connectivity index (χ4n) is 2.97. The number of likely N-dealkylation sites (tertiary alicyclic amines) is 1. The van der Waals surface area contributed by atoms with Crippen molar-refractivity contribution in [3.05, 3.63) is 28.8 Å². The Hall–Kier alpha value is -1.95. The molecule has 1 aliphatic heterocycles. The van der Waals surface area contributed by atoms with E-state index in [0.29, 0.717) is 19.6 Å². The summed E-state index contributed by atoms with van der Waals surface area (Å²) < 4.78 is 5.79. The molecular formula is C20H31ClN4O2. The van der Waals surface area contributed by atoms with E-state index in [4.69, 9.17) is 16.3 Å². The van der Waals surface area contributed by atoms with Crippen molar-refractivity contribution in [2.24, 2.45) is 4.99 Å². The molecule has 0 radical (unpaired) electrons. The van der Waals surface area contributed by atoms with E-state index in [1.54, 1.807) is 0 Å². The van der Waals surface area contributed by atoms with Gasteiger partial charge in [-0.2, -0.15) is 0 Å². The lowest BCUT2D eigenvalue weighted by atomic mass is 10.2. The largest absolute Gasteiger partial charge is 0.493 e. The molecule has 27 heavy (non-hydrogen) atoms. The van der Waals surface area contributed by atoms with Crippen LogP contribution in [0.4, 0.5) is 0 Å². The quantitative estimate of drug-likeness (QED) is 0.363. The van der Waals surface area contributed by atoms with Crippen LogP contribution < -0.4 is 15.4 Å². The van der Waals surface area contributed by atoms with Crippen LogP contribution in [-0.4, -0.2) is 56.1 Å². The van der Waals surface area contributed by atoms with Gasteiger partial charge in [0, 0.05) is 50.6 Å². The van der Waals surface area contributed by atoms with Crippen molar-refractivity contribution in [3.63, 3.8) is 0 Å². The van der Waals surface area contributed by atoms with Gasteiger partial charge in [-0.3, -0.25) is 9.79 Å². The summed E-state index contributed by atoms with van der Waals surface area (Å²) in [5, 5.41) is 7.30. The van der Waals surface area contributed by atoms with Crippen LogP contribution in [0.15, 0.2) is 23.2 Å². The molecule has 0 saturated carbocycles. The molecule has 1 aliphatic rings. The molecule has 7 heteroatoms. The Morgan fingerprint density at radius 2 is 2.19 bits per heavy atom. The third kappa shape index (κ3) is 7.67. The Bertz CT molecular complexity index is 636. The molecule has 6 nitrogen and oxygen atoms in total. The number of benzene rings is 1. The van der Waals surface area contributed by atoms with E-state index in [0.717, 1.165) is 67.7 Å². The third-order valence-electron chi connectivity index (χ3n) is 4.38. The maximum atomic E-state index is 11.6. The summed E-state index contributed by atoms with van der Waals surface area (Å²) in [6.07, 6.45) is 3.46. The van der Waals surface area contributed by atoms with Crippen molar-refractivity contribution in [1.82, 2.24) is 15.5 Å². The van der Waals surface area contributed by atoms with E-state index in [1.165, 1.54) is 0 Å². The highest BCUT2D eigenvalue weighted by atomic mass is 35.5. The predicted molar refractivity (Wildman–Crippen MR) is 111 cm³/mol. The standard InChI is InChI=1S/C20H31ClN4O2/c1-3-22-20(23-10-5-13-25-12-4-7-19(25)26)24-11-6-14-27-18-9-8-17(21)15-16(18)2/h8-9,15H,3-7,10-14H2,1-2H3,(H2,22,23,24). The third-order valence-corrected chi connectivity index (χ3v) is 4.61. The Morgan fingerprint density at radius 1 is 1.33 bits per heavy atom. The molecule has 0 spiro atoms. The Balaban J connectivity index is 1.64. The molecule has 1 aromatic rings. The number of carbonyl (C=O) groups excluding carboxylic acids is 1. The van der Waals surface area contributed by atoms with Crippen LogP contribution in [0, 0.1) is 6.92 Å². The Kier molecular flexibility index (Phi) is 9.25. The number of amides is 1.